The van der Waals surface area contributed by atoms with E-state index < -0.39 is 0 Å². The average Bonchev–Trinajstić information content (AvgIpc) is 2.37. The third-order valence-electron chi connectivity index (χ3n) is 2.82. The molecule has 0 saturated heterocycles. The summed E-state index contributed by atoms with van der Waals surface area (Å²) in [4.78, 5) is 16.4. The predicted octanol–water partition coefficient (Wildman–Crippen LogP) is 2.84. The van der Waals surface area contributed by atoms with Gasteiger partial charge in [0.2, 0.25) is 0 Å². The van der Waals surface area contributed by atoms with Crippen LogP contribution in [0.1, 0.15) is 23.7 Å². The molecule has 0 N–H and O–H groups in total. The van der Waals surface area contributed by atoms with E-state index in [4.69, 9.17) is 4.74 Å². The van der Waals surface area contributed by atoms with Gasteiger partial charge >= 0.3 is 0 Å². The summed E-state index contributed by atoms with van der Waals surface area (Å²) in [5.74, 6) is 0.0953. The number of pyridine rings is 1. The van der Waals surface area contributed by atoms with E-state index in [1.54, 1.807) is 13.3 Å². The number of aromatic nitrogens is 1. The van der Waals surface area contributed by atoms with Crippen molar-refractivity contribution in [1.82, 2.24) is 4.98 Å². The van der Waals surface area contributed by atoms with Gasteiger partial charge in [0.15, 0.2) is 5.78 Å². The Bertz CT molecular complexity index is 531. The Labute approximate surface area is 100 Å². The standard InChI is InChI=1S/C14H15NO2/c1-10(17-2)9-14(16)12-5-3-7-13-11(12)6-4-8-15-13/h3-8,10H,9H2,1-2H3. The Hall–Kier alpha value is -1.74. The van der Waals surface area contributed by atoms with Crippen molar-refractivity contribution >= 4 is 16.7 Å². The van der Waals surface area contributed by atoms with E-state index in [0.29, 0.717) is 6.42 Å². The van der Waals surface area contributed by atoms with Crippen LogP contribution in [0.3, 0.4) is 0 Å². The maximum absolute atomic E-state index is 12.1. The molecule has 1 aromatic heterocycles. The van der Waals surface area contributed by atoms with E-state index in [1.807, 2.05) is 37.3 Å². The molecule has 0 amide bonds. The maximum Gasteiger partial charge on any atom is 0.166 e. The number of benzene rings is 1. The van der Waals surface area contributed by atoms with Crippen LogP contribution in [0.2, 0.25) is 0 Å². The zero-order chi connectivity index (χ0) is 12.3. The Morgan fingerprint density at radius 2 is 2.18 bits per heavy atom. The van der Waals surface area contributed by atoms with Gasteiger partial charge in [0, 0.05) is 30.7 Å². The number of Topliss-reactive ketones (excluding diaryl/α,β-unsaturated/α-hetero) is 1. The molecule has 3 nitrogen and oxygen atoms in total. The third-order valence-corrected chi connectivity index (χ3v) is 2.82. The van der Waals surface area contributed by atoms with Crippen LogP contribution in [-0.2, 0) is 4.74 Å². The fraction of sp³-hybridized carbons (Fsp3) is 0.286. The highest BCUT2D eigenvalue weighted by molar-refractivity contribution is 6.07. The van der Waals surface area contributed by atoms with Crippen LogP contribution in [0.5, 0.6) is 0 Å². The van der Waals surface area contributed by atoms with Gasteiger partial charge < -0.3 is 4.74 Å². The SMILES string of the molecule is COC(C)CC(=O)c1cccc2ncccc12. The van der Waals surface area contributed by atoms with Crippen LogP contribution in [0.15, 0.2) is 36.5 Å². The molecule has 0 spiro atoms. The molecule has 0 fully saturated rings. The number of fused-ring (bicyclic) bond motifs is 1. The van der Waals surface area contributed by atoms with Crippen molar-refractivity contribution in [2.75, 3.05) is 7.11 Å². The second kappa shape index (κ2) is 5.06. The molecular formula is C14H15NO2. The number of ether oxygens (including phenoxy) is 1. The molecule has 1 unspecified atom stereocenters. The first-order valence-corrected chi connectivity index (χ1v) is 5.62. The first kappa shape index (κ1) is 11.7. The van der Waals surface area contributed by atoms with Gasteiger partial charge in [-0.25, -0.2) is 0 Å². The van der Waals surface area contributed by atoms with Crippen molar-refractivity contribution in [3.63, 3.8) is 0 Å². The lowest BCUT2D eigenvalue weighted by Crippen LogP contribution is -2.12. The van der Waals surface area contributed by atoms with Crippen LogP contribution in [0.4, 0.5) is 0 Å². The van der Waals surface area contributed by atoms with E-state index >= 15 is 0 Å². The first-order chi connectivity index (χ1) is 8.22. The lowest BCUT2D eigenvalue weighted by atomic mass is 10.0. The van der Waals surface area contributed by atoms with Crippen molar-refractivity contribution in [2.24, 2.45) is 0 Å². The highest BCUT2D eigenvalue weighted by atomic mass is 16.5. The largest absolute Gasteiger partial charge is 0.381 e. The van der Waals surface area contributed by atoms with Crippen molar-refractivity contribution in [3.8, 4) is 0 Å². The van der Waals surface area contributed by atoms with Crippen LogP contribution in [0.25, 0.3) is 10.9 Å². The molecular weight excluding hydrogens is 214 g/mol. The summed E-state index contributed by atoms with van der Waals surface area (Å²) in [6, 6.07) is 9.38. The molecule has 0 aliphatic rings. The molecule has 0 radical (unpaired) electrons. The van der Waals surface area contributed by atoms with Gasteiger partial charge in [0.05, 0.1) is 11.6 Å². The quantitative estimate of drug-likeness (QED) is 0.757. The summed E-state index contributed by atoms with van der Waals surface area (Å²) in [6.07, 6.45) is 2.06. The second-order valence-electron chi connectivity index (χ2n) is 4.05. The van der Waals surface area contributed by atoms with Crippen LogP contribution >= 0.6 is 0 Å². The molecule has 88 valence electrons. The highest BCUT2D eigenvalue weighted by Gasteiger charge is 2.13. The van der Waals surface area contributed by atoms with E-state index in [1.165, 1.54) is 0 Å². The average molecular weight is 229 g/mol. The molecule has 1 atom stereocenters. The van der Waals surface area contributed by atoms with Crippen LogP contribution in [0, 0.1) is 0 Å². The zero-order valence-corrected chi connectivity index (χ0v) is 10.0. The fourth-order valence-corrected chi connectivity index (χ4v) is 1.80. The number of hydrogen-bond acceptors (Lipinski definition) is 3. The van der Waals surface area contributed by atoms with E-state index in [-0.39, 0.29) is 11.9 Å². The summed E-state index contributed by atoms with van der Waals surface area (Å²) in [6.45, 7) is 1.89. The molecule has 0 saturated carbocycles. The van der Waals surface area contributed by atoms with Gasteiger partial charge in [0.1, 0.15) is 0 Å². The van der Waals surface area contributed by atoms with Crippen molar-refractivity contribution in [2.45, 2.75) is 19.4 Å². The van der Waals surface area contributed by atoms with E-state index in [2.05, 4.69) is 4.98 Å². The second-order valence-corrected chi connectivity index (χ2v) is 4.05. The zero-order valence-electron chi connectivity index (χ0n) is 10.0. The van der Waals surface area contributed by atoms with Gasteiger partial charge in [-0.3, -0.25) is 9.78 Å². The summed E-state index contributed by atoms with van der Waals surface area (Å²) in [5, 5.41) is 0.906. The van der Waals surface area contributed by atoms with Gasteiger partial charge in [-0.2, -0.15) is 0 Å². The molecule has 0 bridgehead atoms. The molecule has 0 aliphatic carbocycles. The summed E-state index contributed by atoms with van der Waals surface area (Å²) < 4.78 is 5.12. The van der Waals surface area contributed by atoms with E-state index in [9.17, 15) is 4.79 Å². The number of nitrogens with zero attached hydrogens (tertiary/aromatic N) is 1. The number of carbonyl (C=O) groups excluding carboxylic acids is 1. The Balaban J connectivity index is 2.38. The molecule has 2 aromatic rings. The van der Waals surface area contributed by atoms with Gasteiger partial charge in [0.25, 0.3) is 0 Å². The van der Waals surface area contributed by atoms with Crippen LogP contribution in [-0.4, -0.2) is 24.0 Å². The van der Waals surface area contributed by atoms with Crippen molar-refractivity contribution in [3.05, 3.63) is 42.1 Å². The lowest BCUT2D eigenvalue weighted by Gasteiger charge is -2.09. The number of ketones is 1. The van der Waals surface area contributed by atoms with E-state index in [0.717, 1.165) is 16.5 Å². The molecule has 1 heterocycles. The fourth-order valence-electron chi connectivity index (χ4n) is 1.80. The monoisotopic (exact) mass is 229 g/mol. The minimum absolute atomic E-state index is 0.0607. The van der Waals surface area contributed by atoms with Crippen molar-refractivity contribution in [1.29, 1.82) is 0 Å². The van der Waals surface area contributed by atoms with Gasteiger partial charge in [-0.15, -0.1) is 0 Å². The summed E-state index contributed by atoms with van der Waals surface area (Å²) in [7, 11) is 1.61. The molecule has 0 aliphatic heterocycles. The molecule has 1 aromatic carbocycles. The number of hydrogen-bond donors (Lipinski definition) is 0. The third kappa shape index (κ3) is 2.50. The summed E-state index contributed by atoms with van der Waals surface area (Å²) >= 11 is 0. The van der Waals surface area contributed by atoms with Crippen LogP contribution < -0.4 is 0 Å². The smallest absolute Gasteiger partial charge is 0.166 e. The number of methoxy groups -OCH3 is 1. The normalized spacial score (nSPS) is 12.6. The lowest BCUT2D eigenvalue weighted by molar-refractivity contribution is 0.0793. The predicted molar refractivity (Wildman–Crippen MR) is 67.2 cm³/mol. The summed E-state index contributed by atoms with van der Waals surface area (Å²) in [5.41, 5.74) is 1.57. The Morgan fingerprint density at radius 1 is 1.35 bits per heavy atom. The molecule has 2 rings (SSSR count). The van der Waals surface area contributed by atoms with Gasteiger partial charge in [-0.05, 0) is 19.1 Å². The first-order valence-electron chi connectivity index (χ1n) is 5.62. The topological polar surface area (TPSA) is 39.2 Å². The highest BCUT2D eigenvalue weighted by Crippen LogP contribution is 2.18. The minimum Gasteiger partial charge on any atom is -0.381 e. The molecule has 3 heteroatoms. The van der Waals surface area contributed by atoms with Crippen molar-refractivity contribution < 1.29 is 9.53 Å². The minimum atomic E-state index is -0.0607. The Morgan fingerprint density at radius 3 is 2.94 bits per heavy atom. The maximum atomic E-state index is 12.1. The Kier molecular flexibility index (Phi) is 3.49. The molecule has 17 heavy (non-hydrogen) atoms. The van der Waals surface area contributed by atoms with Gasteiger partial charge in [-0.1, -0.05) is 18.2 Å². The number of rotatable bonds is 4. The number of carbonyl (C=O) groups is 1.